The molecule has 0 atom stereocenters. The molecule has 0 aliphatic carbocycles. The van der Waals surface area contributed by atoms with Crippen LogP contribution in [0.5, 0.6) is 0 Å². The van der Waals surface area contributed by atoms with Crippen LogP contribution in [0.3, 0.4) is 0 Å². The molecule has 0 unspecified atom stereocenters. The first-order valence-corrected chi connectivity index (χ1v) is 7.95. The summed E-state index contributed by atoms with van der Waals surface area (Å²) in [6.45, 7) is 7.46. The molecule has 2 amide bonds. The van der Waals surface area contributed by atoms with Crippen LogP contribution in [0.25, 0.3) is 0 Å². The SMILES string of the molecule is COC(=O)c1ccc(Cl)c(NC(=O)C(C)(C)C(=O)NCC(C)C)c1. The first kappa shape index (κ1) is 20.0. The van der Waals surface area contributed by atoms with Crippen LogP contribution in [0, 0.1) is 11.3 Å². The van der Waals surface area contributed by atoms with Crippen molar-refractivity contribution >= 4 is 35.1 Å². The molecule has 0 saturated carbocycles. The normalized spacial score (nSPS) is 11.1. The minimum atomic E-state index is -1.29. The third-order valence-corrected chi connectivity index (χ3v) is 3.77. The fraction of sp³-hybridized carbons (Fsp3) is 0.471. The zero-order chi connectivity index (χ0) is 18.5. The van der Waals surface area contributed by atoms with Crippen LogP contribution < -0.4 is 10.6 Å². The van der Waals surface area contributed by atoms with Crippen molar-refractivity contribution in [2.45, 2.75) is 27.7 Å². The molecule has 24 heavy (non-hydrogen) atoms. The standard InChI is InChI=1S/C17H23ClN2O4/c1-10(2)9-19-15(22)17(3,4)16(23)20-13-8-11(14(21)24-5)6-7-12(13)18/h6-8,10H,9H2,1-5H3,(H,19,22)(H,20,23). The summed E-state index contributed by atoms with van der Waals surface area (Å²) in [5, 5.41) is 5.59. The summed E-state index contributed by atoms with van der Waals surface area (Å²) in [6, 6.07) is 4.38. The molecular weight excluding hydrogens is 332 g/mol. The number of hydrogen-bond acceptors (Lipinski definition) is 4. The van der Waals surface area contributed by atoms with Crippen LogP contribution in [-0.4, -0.2) is 31.4 Å². The molecule has 0 aromatic heterocycles. The number of nitrogens with one attached hydrogen (secondary N) is 2. The van der Waals surface area contributed by atoms with Crippen molar-refractivity contribution in [2.24, 2.45) is 11.3 Å². The summed E-state index contributed by atoms with van der Waals surface area (Å²) in [4.78, 5) is 36.3. The average Bonchev–Trinajstić information content (AvgIpc) is 2.53. The van der Waals surface area contributed by atoms with Gasteiger partial charge in [0, 0.05) is 6.54 Å². The molecule has 0 fully saturated rings. The lowest BCUT2D eigenvalue weighted by Crippen LogP contribution is -2.46. The van der Waals surface area contributed by atoms with Crippen molar-refractivity contribution in [3.8, 4) is 0 Å². The Hall–Kier alpha value is -2.08. The number of esters is 1. The van der Waals surface area contributed by atoms with Crippen LogP contribution >= 0.6 is 11.6 Å². The topological polar surface area (TPSA) is 84.5 Å². The zero-order valence-electron chi connectivity index (χ0n) is 14.5. The number of ether oxygens (including phenoxy) is 1. The van der Waals surface area contributed by atoms with Crippen LogP contribution in [0.4, 0.5) is 5.69 Å². The molecule has 0 spiro atoms. The summed E-state index contributed by atoms with van der Waals surface area (Å²) < 4.78 is 4.64. The Morgan fingerprint density at radius 2 is 1.83 bits per heavy atom. The number of rotatable bonds is 6. The van der Waals surface area contributed by atoms with E-state index < -0.39 is 17.3 Å². The minimum absolute atomic E-state index is 0.245. The highest BCUT2D eigenvalue weighted by Gasteiger charge is 2.36. The smallest absolute Gasteiger partial charge is 0.337 e. The molecule has 2 N–H and O–H groups in total. The maximum atomic E-state index is 12.5. The summed E-state index contributed by atoms with van der Waals surface area (Å²) >= 11 is 6.05. The van der Waals surface area contributed by atoms with E-state index >= 15 is 0 Å². The highest BCUT2D eigenvalue weighted by molar-refractivity contribution is 6.34. The number of methoxy groups -OCH3 is 1. The minimum Gasteiger partial charge on any atom is -0.465 e. The van der Waals surface area contributed by atoms with Gasteiger partial charge in [-0.3, -0.25) is 9.59 Å². The van der Waals surface area contributed by atoms with E-state index in [1.807, 2.05) is 13.8 Å². The van der Waals surface area contributed by atoms with Crippen LogP contribution in [-0.2, 0) is 14.3 Å². The van der Waals surface area contributed by atoms with E-state index in [1.54, 1.807) is 0 Å². The van der Waals surface area contributed by atoms with E-state index in [0.29, 0.717) is 6.54 Å². The summed E-state index contributed by atoms with van der Waals surface area (Å²) in [7, 11) is 1.26. The van der Waals surface area contributed by atoms with Gasteiger partial charge in [-0.05, 0) is 38.0 Å². The second-order valence-corrected chi connectivity index (χ2v) is 6.78. The Morgan fingerprint density at radius 1 is 1.21 bits per heavy atom. The van der Waals surface area contributed by atoms with Gasteiger partial charge in [0.2, 0.25) is 11.8 Å². The molecule has 0 bridgehead atoms. The molecule has 1 aromatic rings. The van der Waals surface area contributed by atoms with Gasteiger partial charge < -0.3 is 15.4 Å². The number of carbonyl (C=O) groups excluding carboxylic acids is 3. The fourth-order valence-electron chi connectivity index (χ4n) is 1.77. The van der Waals surface area contributed by atoms with Gasteiger partial charge in [-0.1, -0.05) is 25.4 Å². The third-order valence-electron chi connectivity index (χ3n) is 3.44. The second-order valence-electron chi connectivity index (χ2n) is 6.37. The number of anilines is 1. The van der Waals surface area contributed by atoms with Gasteiger partial charge in [-0.25, -0.2) is 4.79 Å². The van der Waals surface area contributed by atoms with Crippen molar-refractivity contribution in [1.82, 2.24) is 5.32 Å². The largest absolute Gasteiger partial charge is 0.465 e. The highest BCUT2D eigenvalue weighted by atomic mass is 35.5. The van der Waals surface area contributed by atoms with Gasteiger partial charge in [-0.2, -0.15) is 0 Å². The molecule has 0 aliphatic rings. The Bertz CT molecular complexity index is 641. The second kappa shape index (κ2) is 8.15. The van der Waals surface area contributed by atoms with Gasteiger partial charge in [0.05, 0.1) is 23.4 Å². The maximum Gasteiger partial charge on any atom is 0.337 e. The Labute approximate surface area is 146 Å². The molecule has 7 heteroatoms. The van der Waals surface area contributed by atoms with E-state index in [2.05, 4.69) is 15.4 Å². The van der Waals surface area contributed by atoms with Gasteiger partial charge in [0.25, 0.3) is 0 Å². The van der Waals surface area contributed by atoms with Gasteiger partial charge in [0.1, 0.15) is 5.41 Å². The lowest BCUT2D eigenvalue weighted by atomic mass is 9.90. The summed E-state index contributed by atoms with van der Waals surface area (Å²) in [6.07, 6.45) is 0. The predicted octanol–water partition coefficient (Wildman–Crippen LogP) is 2.86. The van der Waals surface area contributed by atoms with E-state index in [4.69, 9.17) is 11.6 Å². The summed E-state index contributed by atoms with van der Waals surface area (Å²) in [5.41, 5.74) is -0.798. The van der Waals surface area contributed by atoms with Crippen LogP contribution in [0.1, 0.15) is 38.1 Å². The number of carbonyl (C=O) groups is 3. The van der Waals surface area contributed by atoms with Gasteiger partial charge >= 0.3 is 5.97 Å². The lowest BCUT2D eigenvalue weighted by Gasteiger charge is -2.23. The van der Waals surface area contributed by atoms with Crippen molar-refractivity contribution in [3.05, 3.63) is 28.8 Å². The van der Waals surface area contributed by atoms with Gasteiger partial charge in [-0.15, -0.1) is 0 Å². The van der Waals surface area contributed by atoms with E-state index in [0.717, 1.165) is 0 Å². The quantitative estimate of drug-likeness (QED) is 0.607. The maximum absolute atomic E-state index is 12.5. The molecular formula is C17H23ClN2O4. The number of halogens is 1. The third kappa shape index (κ3) is 4.96. The fourth-order valence-corrected chi connectivity index (χ4v) is 1.93. The zero-order valence-corrected chi connectivity index (χ0v) is 15.3. The molecule has 0 aliphatic heterocycles. The Kier molecular flexibility index (Phi) is 6.78. The predicted molar refractivity (Wildman–Crippen MR) is 93.0 cm³/mol. The van der Waals surface area contributed by atoms with Crippen molar-refractivity contribution in [3.63, 3.8) is 0 Å². The molecule has 0 saturated heterocycles. The van der Waals surface area contributed by atoms with Gasteiger partial charge in [0.15, 0.2) is 0 Å². The molecule has 132 valence electrons. The van der Waals surface area contributed by atoms with Crippen LogP contribution in [0.15, 0.2) is 18.2 Å². The number of benzene rings is 1. The van der Waals surface area contributed by atoms with Crippen molar-refractivity contribution in [1.29, 1.82) is 0 Å². The molecule has 6 nitrogen and oxygen atoms in total. The molecule has 0 radical (unpaired) electrons. The highest BCUT2D eigenvalue weighted by Crippen LogP contribution is 2.26. The average molecular weight is 355 g/mol. The van der Waals surface area contributed by atoms with E-state index in [9.17, 15) is 14.4 Å². The molecule has 1 aromatic carbocycles. The Morgan fingerprint density at radius 3 is 2.38 bits per heavy atom. The van der Waals surface area contributed by atoms with Crippen LogP contribution in [0.2, 0.25) is 5.02 Å². The van der Waals surface area contributed by atoms with Crippen molar-refractivity contribution < 1.29 is 19.1 Å². The monoisotopic (exact) mass is 354 g/mol. The first-order valence-electron chi connectivity index (χ1n) is 7.57. The first-order chi connectivity index (χ1) is 11.1. The Balaban J connectivity index is 2.93. The lowest BCUT2D eigenvalue weighted by molar-refractivity contribution is -0.138. The van der Waals surface area contributed by atoms with Crippen molar-refractivity contribution in [2.75, 3.05) is 19.0 Å². The number of amides is 2. The van der Waals surface area contributed by atoms with E-state index in [-0.39, 0.29) is 28.1 Å². The molecule has 0 heterocycles. The summed E-state index contributed by atoms with van der Waals surface area (Å²) in [5.74, 6) is -1.17. The van der Waals surface area contributed by atoms with E-state index in [1.165, 1.54) is 39.2 Å². The number of hydrogen-bond donors (Lipinski definition) is 2. The molecule has 1 rings (SSSR count).